The molecule has 1 N–H and O–H groups in total. The van der Waals surface area contributed by atoms with Gasteiger partial charge in [-0.05, 0) is 34.6 Å². The standard InChI is InChI=1S/C17H21N3O4S/c1-9(2)24-16(23)15-12(5)18-17(25-15)19-14(22)8-20-10(3)6-13(21)7-11(20)4/h6-7,9H,8H2,1-5H3,(H,18,19,22). The Hall–Kier alpha value is -2.48. The van der Waals surface area contributed by atoms with Gasteiger partial charge in [0.15, 0.2) is 10.6 Å². The average molecular weight is 363 g/mol. The van der Waals surface area contributed by atoms with Gasteiger partial charge in [-0.3, -0.25) is 9.59 Å². The fourth-order valence-corrected chi connectivity index (χ4v) is 3.21. The van der Waals surface area contributed by atoms with E-state index in [1.165, 1.54) is 12.1 Å². The summed E-state index contributed by atoms with van der Waals surface area (Å²) in [5.41, 5.74) is 1.84. The molecular formula is C17H21N3O4S. The Bertz CT molecular complexity index is 841. The van der Waals surface area contributed by atoms with Crippen molar-refractivity contribution >= 4 is 28.3 Å². The molecule has 0 aromatic carbocycles. The molecule has 0 aliphatic carbocycles. The van der Waals surface area contributed by atoms with E-state index in [0.29, 0.717) is 27.1 Å². The van der Waals surface area contributed by atoms with Gasteiger partial charge >= 0.3 is 5.97 Å². The summed E-state index contributed by atoms with van der Waals surface area (Å²) >= 11 is 1.08. The largest absolute Gasteiger partial charge is 0.459 e. The van der Waals surface area contributed by atoms with Crippen LogP contribution < -0.4 is 10.7 Å². The number of ether oxygens (including phenoxy) is 1. The molecule has 0 saturated heterocycles. The number of esters is 1. The van der Waals surface area contributed by atoms with Crippen molar-refractivity contribution < 1.29 is 14.3 Å². The van der Waals surface area contributed by atoms with E-state index in [1.54, 1.807) is 39.2 Å². The fraction of sp³-hybridized carbons (Fsp3) is 0.412. The minimum Gasteiger partial charge on any atom is -0.459 e. The highest BCUT2D eigenvalue weighted by molar-refractivity contribution is 7.17. The van der Waals surface area contributed by atoms with Crippen LogP contribution in [-0.2, 0) is 16.1 Å². The Morgan fingerprint density at radius 1 is 1.24 bits per heavy atom. The molecule has 1 amide bonds. The van der Waals surface area contributed by atoms with E-state index in [1.807, 2.05) is 0 Å². The fourth-order valence-electron chi connectivity index (χ4n) is 2.35. The number of pyridine rings is 1. The van der Waals surface area contributed by atoms with Gasteiger partial charge in [-0.15, -0.1) is 0 Å². The van der Waals surface area contributed by atoms with Crippen molar-refractivity contribution in [1.29, 1.82) is 0 Å². The van der Waals surface area contributed by atoms with Crippen molar-refractivity contribution in [2.45, 2.75) is 47.3 Å². The number of aryl methyl sites for hydroxylation is 3. The van der Waals surface area contributed by atoms with E-state index in [-0.39, 0.29) is 24.0 Å². The number of carbonyl (C=O) groups excluding carboxylic acids is 2. The number of anilines is 1. The molecule has 134 valence electrons. The van der Waals surface area contributed by atoms with Gasteiger partial charge in [0.25, 0.3) is 0 Å². The number of amides is 1. The van der Waals surface area contributed by atoms with Crippen LogP contribution in [-0.4, -0.2) is 27.5 Å². The van der Waals surface area contributed by atoms with Crippen LogP contribution >= 0.6 is 11.3 Å². The molecule has 2 aromatic rings. The van der Waals surface area contributed by atoms with Crippen molar-refractivity contribution in [1.82, 2.24) is 9.55 Å². The van der Waals surface area contributed by atoms with E-state index in [2.05, 4.69) is 10.3 Å². The zero-order valence-electron chi connectivity index (χ0n) is 14.9. The number of thiazole rings is 1. The van der Waals surface area contributed by atoms with Crippen LogP contribution in [0.15, 0.2) is 16.9 Å². The van der Waals surface area contributed by atoms with E-state index < -0.39 is 5.97 Å². The lowest BCUT2D eigenvalue weighted by Gasteiger charge is -2.13. The SMILES string of the molecule is Cc1nc(NC(=O)Cn2c(C)cc(=O)cc2C)sc1C(=O)OC(C)C. The van der Waals surface area contributed by atoms with Crippen molar-refractivity contribution in [2.75, 3.05) is 5.32 Å². The number of rotatable bonds is 5. The second-order valence-electron chi connectivity index (χ2n) is 6.00. The minimum absolute atomic E-state index is 0.0579. The molecule has 0 unspecified atom stereocenters. The summed E-state index contributed by atoms with van der Waals surface area (Å²) in [5.74, 6) is -0.732. The first-order valence-corrected chi connectivity index (χ1v) is 8.65. The number of hydrogen-bond acceptors (Lipinski definition) is 6. The Morgan fingerprint density at radius 2 is 1.84 bits per heavy atom. The molecule has 0 fully saturated rings. The maximum Gasteiger partial charge on any atom is 0.350 e. The molecule has 2 aromatic heterocycles. The Morgan fingerprint density at radius 3 is 2.40 bits per heavy atom. The number of nitrogens with one attached hydrogen (secondary N) is 1. The predicted octanol–water partition coefficient (Wildman–Crippen LogP) is 2.43. The van der Waals surface area contributed by atoms with Gasteiger partial charge in [0, 0.05) is 23.5 Å². The lowest BCUT2D eigenvalue weighted by molar-refractivity contribution is -0.116. The van der Waals surface area contributed by atoms with Crippen molar-refractivity contribution in [3.05, 3.63) is 44.3 Å². The molecular weight excluding hydrogens is 342 g/mol. The maximum atomic E-state index is 12.3. The second kappa shape index (κ2) is 7.60. The van der Waals surface area contributed by atoms with Crippen molar-refractivity contribution in [2.24, 2.45) is 0 Å². The lowest BCUT2D eigenvalue weighted by Crippen LogP contribution is -2.23. The van der Waals surface area contributed by atoms with E-state index in [0.717, 1.165) is 11.3 Å². The Kier molecular flexibility index (Phi) is 5.73. The summed E-state index contributed by atoms with van der Waals surface area (Å²) < 4.78 is 6.90. The molecule has 2 heterocycles. The van der Waals surface area contributed by atoms with Gasteiger partial charge in [-0.1, -0.05) is 11.3 Å². The highest BCUT2D eigenvalue weighted by Gasteiger charge is 2.19. The third-order valence-corrected chi connectivity index (χ3v) is 4.48. The summed E-state index contributed by atoms with van der Waals surface area (Å²) in [5, 5.41) is 3.03. The lowest BCUT2D eigenvalue weighted by atomic mass is 10.3. The highest BCUT2D eigenvalue weighted by Crippen LogP contribution is 2.24. The number of aromatic nitrogens is 2. The van der Waals surface area contributed by atoms with Gasteiger partial charge in [-0.25, -0.2) is 9.78 Å². The first-order chi connectivity index (χ1) is 11.7. The molecule has 0 atom stereocenters. The Labute approximate surface area is 149 Å². The van der Waals surface area contributed by atoms with E-state index in [4.69, 9.17) is 4.74 Å². The van der Waals surface area contributed by atoms with Crippen LogP contribution in [0.3, 0.4) is 0 Å². The topological polar surface area (TPSA) is 90.3 Å². The molecule has 0 saturated carbocycles. The maximum absolute atomic E-state index is 12.3. The van der Waals surface area contributed by atoms with Gasteiger partial charge in [0.1, 0.15) is 11.4 Å². The number of hydrogen-bond donors (Lipinski definition) is 1. The van der Waals surface area contributed by atoms with Gasteiger partial charge < -0.3 is 14.6 Å². The van der Waals surface area contributed by atoms with Crippen molar-refractivity contribution in [3.8, 4) is 0 Å². The molecule has 2 rings (SSSR count). The predicted molar refractivity (Wildman–Crippen MR) is 96.2 cm³/mol. The molecule has 25 heavy (non-hydrogen) atoms. The van der Waals surface area contributed by atoms with Crippen LogP contribution in [0.2, 0.25) is 0 Å². The quantitative estimate of drug-likeness (QED) is 0.824. The molecule has 0 spiro atoms. The van der Waals surface area contributed by atoms with Gasteiger partial charge in [0.2, 0.25) is 5.91 Å². The molecule has 7 nitrogen and oxygen atoms in total. The molecule has 8 heteroatoms. The highest BCUT2D eigenvalue weighted by atomic mass is 32.1. The third kappa shape index (κ3) is 4.76. The van der Waals surface area contributed by atoms with Crippen LogP contribution in [0.5, 0.6) is 0 Å². The third-order valence-electron chi connectivity index (χ3n) is 3.43. The minimum atomic E-state index is -0.447. The number of carbonyl (C=O) groups is 2. The molecule has 0 aliphatic heterocycles. The van der Waals surface area contributed by atoms with Gasteiger partial charge in [0.05, 0.1) is 11.8 Å². The zero-order chi connectivity index (χ0) is 18.7. The molecule has 0 bridgehead atoms. The monoisotopic (exact) mass is 363 g/mol. The molecule has 0 radical (unpaired) electrons. The summed E-state index contributed by atoms with van der Waals surface area (Å²) in [6.07, 6.45) is -0.224. The van der Waals surface area contributed by atoms with E-state index in [9.17, 15) is 14.4 Å². The van der Waals surface area contributed by atoms with Gasteiger partial charge in [-0.2, -0.15) is 0 Å². The average Bonchev–Trinajstić information content (AvgIpc) is 2.82. The van der Waals surface area contributed by atoms with Crippen LogP contribution in [0.25, 0.3) is 0 Å². The van der Waals surface area contributed by atoms with Crippen LogP contribution in [0.1, 0.15) is 40.6 Å². The van der Waals surface area contributed by atoms with Crippen LogP contribution in [0.4, 0.5) is 5.13 Å². The first-order valence-electron chi connectivity index (χ1n) is 7.83. The smallest absolute Gasteiger partial charge is 0.350 e. The molecule has 0 aliphatic rings. The van der Waals surface area contributed by atoms with E-state index >= 15 is 0 Å². The van der Waals surface area contributed by atoms with Crippen molar-refractivity contribution in [3.63, 3.8) is 0 Å². The zero-order valence-corrected chi connectivity index (χ0v) is 15.7. The first kappa shape index (κ1) is 18.9. The summed E-state index contributed by atoms with van der Waals surface area (Å²) in [6, 6.07) is 2.96. The summed E-state index contributed by atoms with van der Waals surface area (Å²) in [7, 11) is 0. The number of nitrogens with zero attached hydrogens (tertiary/aromatic N) is 2. The summed E-state index contributed by atoms with van der Waals surface area (Å²) in [4.78, 5) is 40.3. The summed E-state index contributed by atoms with van der Waals surface area (Å²) in [6.45, 7) is 8.84. The van der Waals surface area contributed by atoms with Crippen LogP contribution in [0, 0.1) is 20.8 Å². The Balaban J connectivity index is 2.12. The second-order valence-corrected chi connectivity index (χ2v) is 6.99. The normalized spacial score (nSPS) is 10.8.